The lowest BCUT2D eigenvalue weighted by atomic mass is 10.5. The average Bonchev–Trinajstić information content (AvgIpc) is 2.45. The number of halogens is 1. The first-order chi connectivity index (χ1) is 7.15. The maximum atomic E-state index is 12.8. The molecule has 2 aromatic rings. The van der Waals surface area contributed by atoms with Gasteiger partial charge in [0.05, 0.1) is 5.69 Å². The summed E-state index contributed by atoms with van der Waals surface area (Å²) in [5.74, 6) is -0.459. The van der Waals surface area contributed by atoms with Gasteiger partial charge in [0.2, 0.25) is 5.95 Å². The Hall–Kier alpha value is -1.36. The van der Waals surface area contributed by atoms with Crippen molar-refractivity contribution in [1.82, 2.24) is 14.8 Å². The van der Waals surface area contributed by atoms with E-state index in [9.17, 15) is 4.39 Å². The lowest BCUT2D eigenvalue weighted by molar-refractivity contribution is 0.572. The van der Waals surface area contributed by atoms with Gasteiger partial charge in [0.1, 0.15) is 10.1 Å². The van der Waals surface area contributed by atoms with E-state index < -0.39 is 5.95 Å². The van der Waals surface area contributed by atoms with E-state index >= 15 is 0 Å². The second-order valence-corrected chi connectivity index (χ2v) is 4.19. The van der Waals surface area contributed by atoms with Crippen LogP contribution in [0.1, 0.15) is 5.69 Å². The van der Waals surface area contributed by atoms with Crippen molar-refractivity contribution >= 4 is 11.8 Å². The molecule has 0 aliphatic heterocycles. The highest BCUT2D eigenvalue weighted by Gasteiger charge is 2.05. The third-order valence-electron chi connectivity index (χ3n) is 1.86. The number of nitrogens with zero attached hydrogens (tertiary/aromatic N) is 3. The van der Waals surface area contributed by atoms with Crippen LogP contribution in [0.4, 0.5) is 4.39 Å². The predicted molar refractivity (Wildman–Crippen MR) is 56.3 cm³/mol. The third kappa shape index (κ3) is 2.36. The number of rotatable bonds is 2. The Balaban J connectivity index is 2.25. The zero-order valence-corrected chi connectivity index (χ0v) is 9.25. The van der Waals surface area contributed by atoms with E-state index in [1.54, 1.807) is 16.8 Å². The molecule has 0 aromatic carbocycles. The van der Waals surface area contributed by atoms with Gasteiger partial charge in [-0.2, -0.15) is 9.49 Å². The summed E-state index contributed by atoms with van der Waals surface area (Å²) in [6.45, 7) is 1.92. The maximum absolute atomic E-state index is 12.8. The molecular formula is C10H10FN3S. The summed E-state index contributed by atoms with van der Waals surface area (Å²) >= 11 is 1.40. The SMILES string of the molecule is Cc1cc(Sc2cccc(F)n2)n(C)n1. The summed E-state index contributed by atoms with van der Waals surface area (Å²) < 4.78 is 14.6. The molecular weight excluding hydrogens is 213 g/mol. The Morgan fingerprint density at radius 1 is 1.40 bits per heavy atom. The van der Waals surface area contributed by atoms with Crippen molar-refractivity contribution in [2.45, 2.75) is 17.0 Å². The Bertz CT molecular complexity index is 481. The highest BCUT2D eigenvalue weighted by Crippen LogP contribution is 2.25. The van der Waals surface area contributed by atoms with Gasteiger partial charge in [-0.05, 0) is 25.1 Å². The molecule has 15 heavy (non-hydrogen) atoms. The largest absolute Gasteiger partial charge is 0.261 e. The van der Waals surface area contributed by atoms with Crippen LogP contribution in [0.3, 0.4) is 0 Å². The minimum atomic E-state index is -0.459. The van der Waals surface area contributed by atoms with Crippen LogP contribution in [0.15, 0.2) is 34.3 Å². The van der Waals surface area contributed by atoms with Crippen LogP contribution in [0.5, 0.6) is 0 Å². The van der Waals surface area contributed by atoms with Crippen LogP contribution >= 0.6 is 11.8 Å². The maximum Gasteiger partial charge on any atom is 0.213 e. The van der Waals surface area contributed by atoms with Gasteiger partial charge in [0, 0.05) is 7.05 Å². The van der Waals surface area contributed by atoms with Crippen molar-refractivity contribution in [2.24, 2.45) is 7.05 Å². The normalized spacial score (nSPS) is 10.6. The second-order valence-electron chi connectivity index (χ2n) is 3.15. The molecule has 0 bridgehead atoms. The Morgan fingerprint density at radius 2 is 2.20 bits per heavy atom. The van der Waals surface area contributed by atoms with Crippen LogP contribution in [0.25, 0.3) is 0 Å². The molecule has 0 spiro atoms. The van der Waals surface area contributed by atoms with E-state index in [2.05, 4.69) is 10.1 Å². The summed E-state index contributed by atoms with van der Waals surface area (Å²) in [6, 6.07) is 6.69. The van der Waals surface area contributed by atoms with Gasteiger partial charge in [-0.15, -0.1) is 0 Å². The number of hydrogen-bond acceptors (Lipinski definition) is 3. The molecule has 5 heteroatoms. The molecule has 2 aromatic heterocycles. The van der Waals surface area contributed by atoms with Crippen molar-refractivity contribution in [2.75, 3.05) is 0 Å². The van der Waals surface area contributed by atoms with Crippen molar-refractivity contribution in [3.8, 4) is 0 Å². The topological polar surface area (TPSA) is 30.7 Å². The molecule has 0 fully saturated rings. The average molecular weight is 223 g/mol. The van der Waals surface area contributed by atoms with E-state index in [0.29, 0.717) is 5.03 Å². The molecule has 0 aliphatic rings. The summed E-state index contributed by atoms with van der Waals surface area (Å²) in [5, 5.41) is 5.79. The molecule has 0 N–H and O–H groups in total. The van der Waals surface area contributed by atoms with Crippen molar-refractivity contribution in [3.63, 3.8) is 0 Å². The van der Waals surface area contributed by atoms with Gasteiger partial charge in [-0.3, -0.25) is 4.68 Å². The molecule has 0 aliphatic carbocycles. The van der Waals surface area contributed by atoms with E-state index in [1.807, 2.05) is 20.0 Å². The lowest BCUT2D eigenvalue weighted by Gasteiger charge is -2.00. The molecule has 0 amide bonds. The van der Waals surface area contributed by atoms with Gasteiger partial charge >= 0.3 is 0 Å². The molecule has 0 saturated carbocycles. The van der Waals surface area contributed by atoms with Gasteiger partial charge in [0.25, 0.3) is 0 Å². The van der Waals surface area contributed by atoms with Crippen LogP contribution in [-0.2, 0) is 7.05 Å². The lowest BCUT2D eigenvalue weighted by Crippen LogP contribution is -1.93. The molecule has 3 nitrogen and oxygen atoms in total. The fourth-order valence-electron chi connectivity index (χ4n) is 1.24. The first-order valence-corrected chi connectivity index (χ1v) is 5.28. The Labute approximate surface area is 91.3 Å². The summed E-state index contributed by atoms with van der Waals surface area (Å²) in [5.41, 5.74) is 0.941. The van der Waals surface area contributed by atoms with Crippen LogP contribution < -0.4 is 0 Å². The van der Waals surface area contributed by atoms with Crippen LogP contribution in [0, 0.1) is 12.9 Å². The van der Waals surface area contributed by atoms with E-state index in [0.717, 1.165) is 10.7 Å². The number of pyridine rings is 1. The van der Waals surface area contributed by atoms with Crippen LogP contribution in [-0.4, -0.2) is 14.8 Å². The van der Waals surface area contributed by atoms with Gasteiger partial charge in [-0.1, -0.05) is 17.8 Å². The number of hydrogen-bond donors (Lipinski definition) is 0. The summed E-state index contributed by atoms with van der Waals surface area (Å²) in [4.78, 5) is 3.77. The van der Waals surface area contributed by atoms with Crippen molar-refractivity contribution < 1.29 is 4.39 Å². The fourth-order valence-corrected chi connectivity index (χ4v) is 2.13. The smallest absolute Gasteiger partial charge is 0.213 e. The second kappa shape index (κ2) is 4.02. The molecule has 0 radical (unpaired) electrons. The summed E-state index contributed by atoms with van der Waals surface area (Å²) in [6.07, 6.45) is 0. The zero-order chi connectivity index (χ0) is 10.8. The molecule has 0 saturated heterocycles. The standard InChI is InChI=1S/C10H10FN3S/c1-7-6-10(14(2)13-7)15-9-5-3-4-8(11)12-9/h3-6H,1-2H3. The Morgan fingerprint density at radius 3 is 2.80 bits per heavy atom. The van der Waals surface area contributed by atoms with Gasteiger partial charge < -0.3 is 0 Å². The van der Waals surface area contributed by atoms with Gasteiger partial charge in [-0.25, -0.2) is 4.98 Å². The van der Waals surface area contributed by atoms with Crippen molar-refractivity contribution in [1.29, 1.82) is 0 Å². The predicted octanol–water partition coefficient (Wildman–Crippen LogP) is 2.41. The molecule has 0 unspecified atom stereocenters. The van der Waals surface area contributed by atoms with Crippen LogP contribution in [0.2, 0.25) is 0 Å². The van der Waals surface area contributed by atoms with E-state index in [1.165, 1.54) is 17.8 Å². The fraction of sp³-hybridized carbons (Fsp3) is 0.200. The monoisotopic (exact) mass is 223 g/mol. The molecule has 0 atom stereocenters. The first-order valence-electron chi connectivity index (χ1n) is 4.46. The zero-order valence-electron chi connectivity index (χ0n) is 8.44. The number of aryl methyl sites for hydroxylation is 2. The van der Waals surface area contributed by atoms with E-state index in [4.69, 9.17) is 0 Å². The third-order valence-corrected chi connectivity index (χ3v) is 2.89. The van der Waals surface area contributed by atoms with E-state index in [-0.39, 0.29) is 0 Å². The van der Waals surface area contributed by atoms with Gasteiger partial charge in [0.15, 0.2) is 0 Å². The molecule has 78 valence electrons. The molecule has 2 heterocycles. The van der Waals surface area contributed by atoms with Crippen molar-refractivity contribution in [3.05, 3.63) is 35.9 Å². The first kappa shape index (κ1) is 10.2. The minimum Gasteiger partial charge on any atom is -0.261 e. The molecule has 2 rings (SSSR count). The quantitative estimate of drug-likeness (QED) is 0.732. The summed E-state index contributed by atoms with van der Waals surface area (Å²) in [7, 11) is 1.86. The highest BCUT2D eigenvalue weighted by molar-refractivity contribution is 7.99. The number of aromatic nitrogens is 3. The minimum absolute atomic E-state index is 0.459. The highest BCUT2D eigenvalue weighted by atomic mass is 32.2. The Kier molecular flexibility index (Phi) is 2.73.